The molecule has 1 heterocycles. The number of amides is 1. The van der Waals surface area contributed by atoms with Crippen molar-refractivity contribution in [3.8, 4) is 0 Å². The molecule has 0 atom stereocenters. The highest BCUT2D eigenvalue weighted by molar-refractivity contribution is 6.04. The summed E-state index contributed by atoms with van der Waals surface area (Å²) in [5.74, 6) is -0.00602. The van der Waals surface area contributed by atoms with Crippen molar-refractivity contribution >= 4 is 11.6 Å². The summed E-state index contributed by atoms with van der Waals surface area (Å²) in [6.07, 6.45) is 8.64. The zero-order valence-electron chi connectivity index (χ0n) is 15.5. The van der Waals surface area contributed by atoms with Crippen LogP contribution in [-0.2, 0) is 19.4 Å². The van der Waals surface area contributed by atoms with Crippen molar-refractivity contribution in [3.05, 3.63) is 64.7 Å². The highest BCUT2D eigenvalue weighted by atomic mass is 16.1. The number of hydrogen-bond donors (Lipinski definition) is 1. The molecule has 0 unspecified atom stereocenters. The molecule has 1 aliphatic carbocycles. The van der Waals surface area contributed by atoms with E-state index in [4.69, 9.17) is 0 Å². The Kier molecular flexibility index (Phi) is 5.35. The number of nitrogens with one attached hydrogen (secondary N) is 1. The largest absolute Gasteiger partial charge is 0.322 e. The first-order chi connectivity index (χ1) is 12.8. The summed E-state index contributed by atoms with van der Waals surface area (Å²) in [6, 6.07) is 14.4. The number of likely N-dealkylation sites (tertiary alicyclic amines) is 1. The molecule has 1 saturated heterocycles. The standard InChI is InChI=1S/C23H28N2O/c26-23(24-22-10-6-8-19-7-2-3-9-21(19)22)20-13-11-18(12-14-20)17-25-15-4-1-5-16-25/h6,8,10-14H,1-5,7,9,15-17H2,(H,24,26). The zero-order valence-corrected chi connectivity index (χ0v) is 15.5. The molecule has 3 heteroatoms. The summed E-state index contributed by atoms with van der Waals surface area (Å²) in [4.78, 5) is 15.2. The van der Waals surface area contributed by atoms with Gasteiger partial charge in [0.2, 0.25) is 0 Å². The fraction of sp³-hybridized carbons (Fsp3) is 0.435. The third kappa shape index (κ3) is 3.99. The molecule has 1 aliphatic heterocycles. The van der Waals surface area contributed by atoms with E-state index in [9.17, 15) is 4.79 Å². The first-order valence-corrected chi connectivity index (χ1v) is 10.0. The lowest BCUT2D eigenvalue weighted by molar-refractivity contribution is 0.102. The van der Waals surface area contributed by atoms with Crippen molar-refractivity contribution in [1.29, 1.82) is 0 Å². The van der Waals surface area contributed by atoms with Crippen LogP contribution in [0.5, 0.6) is 0 Å². The van der Waals surface area contributed by atoms with Gasteiger partial charge in [0.15, 0.2) is 0 Å². The summed E-state index contributed by atoms with van der Waals surface area (Å²) in [7, 11) is 0. The molecule has 3 nitrogen and oxygen atoms in total. The van der Waals surface area contributed by atoms with E-state index in [2.05, 4.69) is 34.5 Å². The fourth-order valence-corrected chi connectivity index (χ4v) is 4.23. The topological polar surface area (TPSA) is 32.3 Å². The number of piperidine rings is 1. The predicted octanol–water partition coefficient (Wildman–Crippen LogP) is 4.80. The van der Waals surface area contributed by atoms with Crippen molar-refractivity contribution in [3.63, 3.8) is 0 Å². The first-order valence-electron chi connectivity index (χ1n) is 10.0. The lowest BCUT2D eigenvalue weighted by Crippen LogP contribution is -2.29. The van der Waals surface area contributed by atoms with Crippen LogP contribution in [0.2, 0.25) is 0 Å². The Morgan fingerprint density at radius 3 is 2.46 bits per heavy atom. The molecular formula is C23H28N2O. The Morgan fingerprint density at radius 1 is 0.885 bits per heavy atom. The molecule has 2 aliphatic rings. The van der Waals surface area contributed by atoms with Crippen LogP contribution in [0.1, 0.15) is 59.2 Å². The maximum atomic E-state index is 12.7. The average molecular weight is 348 g/mol. The molecule has 0 radical (unpaired) electrons. The minimum Gasteiger partial charge on any atom is -0.322 e. The van der Waals surface area contributed by atoms with Gasteiger partial charge in [-0.15, -0.1) is 0 Å². The van der Waals surface area contributed by atoms with E-state index in [0.29, 0.717) is 0 Å². The molecule has 136 valence electrons. The van der Waals surface area contributed by atoms with Crippen LogP contribution in [0.15, 0.2) is 42.5 Å². The van der Waals surface area contributed by atoms with E-state index < -0.39 is 0 Å². The van der Waals surface area contributed by atoms with Gasteiger partial charge in [0, 0.05) is 17.8 Å². The lowest BCUT2D eigenvalue weighted by atomic mass is 9.90. The van der Waals surface area contributed by atoms with Crippen molar-refractivity contribution in [2.24, 2.45) is 0 Å². The van der Waals surface area contributed by atoms with Crippen LogP contribution in [0.3, 0.4) is 0 Å². The highest BCUT2D eigenvalue weighted by Gasteiger charge is 2.15. The van der Waals surface area contributed by atoms with Crippen molar-refractivity contribution in [2.45, 2.75) is 51.5 Å². The van der Waals surface area contributed by atoms with Gasteiger partial charge in [0.1, 0.15) is 0 Å². The number of fused-ring (bicyclic) bond motifs is 1. The average Bonchev–Trinajstić information content (AvgIpc) is 2.70. The molecule has 2 aromatic rings. The fourth-order valence-electron chi connectivity index (χ4n) is 4.23. The minimum atomic E-state index is -0.00602. The van der Waals surface area contributed by atoms with E-state index in [0.717, 1.165) is 30.6 Å². The maximum absolute atomic E-state index is 12.7. The second-order valence-electron chi connectivity index (χ2n) is 7.64. The van der Waals surface area contributed by atoms with Crippen molar-refractivity contribution in [1.82, 2.24) is 4.90 Å². The van der Waals surface area contributed by atoms with Gasteiger partial charge in [-0.05, 0) is 86.5 Å². The number of rotatable bonds is 4. The van der Waals surface area contributed by atoms with Gasteiger partial charge in [-0.25, -0.2) is 0 Å². The number of carbonyl (C=O) groups is 1. The van der Waals surface area contributed by atoms with Crippen LogP contribution in [0.4, 0.5) is 5.69 Å². The molecule has 2 aromatic carbocycles. The first kappa shape index (κ1) is 17.3. The summed E-state index contributed by atoms with van der Waals surface area (Å²) in [5, 5.41) is 3.14. The Hall–Kier alpha value is -2.13. The van der Waals surface area contributed by atoms with Crippen molar-refractivity contribution < 1.29 is 4.79 Å². The molecule has 0 saturated carbocycles. The van der Waals surface area contributed by atoms with Crippen LogP contribution in [0, 0.1) is 0 Å². The van der Waals surface area contributed by atoms with E-state index in [-0.39, 0.29) is 5.91 Å². The van der Waals surface area contributed by atoms with E-state index in [1.165, 1.54) is 61.9 Å². The third-order valence-electron chi connectivity index (χ3n) is 5.72. The smallest absolute Gasteiger partial charge is 0.255 e. The number of aryl methyl sites for hydroxylation is 1. The maximum Gasteiger partial charge on any atom is 0.255 e. The number of carbonyl (C=O) groups excluding carboxylic acids is 1. The van der Waals surface area contributed by atoms with Gasteiger partial charge < -0.3 is 5.32 Å². The molecule has 1 fully saturated rings. The second-order valence-corrected chi connectivity index (χ2v) is 7.64. The Bertz CT molecular complexity index is 760. The number of benzene rings is 2. The van der Waals surface area contributed by atoms with E-state index >= 15 is 0 Å². The molecule has 0 aromatic heterocycles. The summed E-state index contributed by atoms with van der Waals surface area (Å²) >= 11 is 0. The van der Waals surface area contributed by atoms with Crippen LogP contribution >= 0.6 is 0 Å². The second kappa shape index (κ2) is 8.05. The normalized spacial score (nSPS) is 17.5. The molecule has 0 spiro atoms. The Balaban J connectivity index is 1.42. The monoisotopic (exact) mass is 348 g/mol. The molecule has 0 bridgehead atoms. The molecular weight excluding hydrogens is 320 g/mol. The third-order valence-corrected chi connectivity index (χ3v) is 5.72. The van der Waals surface area contributed by atoms with Gasteiger partial charge in [0.25, 0.3) is 5.91 Å². The molecule has 1 amide bonds. The van der Waals surface area contributed by atoms with Crippen LogP contribution in [0.25, 0.3) is 0 Å². The van der Waals surface area contributed by atoms with Gasteiger partial charge in [-0.1, -0.05) is 30.7 Å². The quantitative estimate of drug-likeness (QED) is 0.860. The Labute approximate surface area is 156 Å². The highest BCUT2D eigenvalue weighted by Crippen LogP contribution is 2.28. The van der Waals surface area contributed by atoms with Gasteiger partial charge in [0.05, 0.1) is 0 Å². The summed E-state index contributed by atoms with van der Waals surface area (Å²) in [6.45, 7) is 3.39. The van der Waals surface area contributed by atoms with Crippen LogP contribution < -0.4 is 5.32 Å². The zero-order chi connectivity index (χ0) is 17.8. The van der Waals surface area contributed by atoms with Crippen molar-refractivity contribution in [2.75, 3.05) is 18.4 Å². The van der Waals surface area contributed by atoms with Crippen LogP contribution in [-0.4, -0.2) is 23.9 Å². The molecule has 26 heavy (non-hydrogen) atoms. The molecule has 4 rings (SSSR count). The SMILES string of the molecule is O=C(Nc1cccc2c1CCCC2)c1ccc(CN2CCCCC2)cc1. The summed E-state index contributed by atoms with van der Waals surface area (Å²) < 4.78 is 0. The number of nitrogens with zero attached hydrogens (tertiary/aromatic N) is 1. The number of hydrogen-bond acceptors (Lipinski definition) is 2. The predicted molar refractivity (Wildman–Crippen MR) is 107 cm³/mol. The Morgan fingerprint density at radius 2 is 1.65 bits per heavy atom. The lowest BCUT2D eigenvalue weighted by Gasteiger charge is -2.26. The van der Waals surface area contributed by atoms with Gasteiger partial charge >= 0.3 is 0 Å². The molecule has 1 N–H and O–H groups in total. The number of anilines is 1. The van der Waals surface area contributed by atoms with E-state index in [1.54, 1.807) is 0 Å². The van der Waals surface area contributed by atoms with E-state index in [1.807, 2.05) is 18.2 Å². The summed E-state index contributed by atoms with van der Waals surface area (Å²) in [5.41, 5.74) is 5.74. The van der Waals surface area contributed by atoms with Gasteiger partial charge in [-0.2, -0.15) is 0 Å². The minimum absolute atomic E-state index is 0.00602. The van der Waals surface area contributed by atoms with Gasteiger partial charge in [-0.3, -0.25) is 9.69 Å².